The molecule has 0 aliphatic carbocycles. The van der Waals surface area contributed by atoms with Crippen molar-refractivity contribution in [2.24, 2.45) is 0 Å². The van der Waals surface area contributed by atoms with Gasteiger partial charge >= 0.3 is 5.97 Å². The maximum Gasteiger partial charge on any atom is 0.327 e. The standard InChI is InChI=1S/C17H18N2O6S/c1-11-4-7-15(8-5-11)26(24,25)18(13(3)17(20)21)16-9-6-14(19(22)23)10-12(16)2/h4-10,13H,1-3H3,(H,20,21). The van der Waals surface area contributed by atoms with Crippen LogP contribution in [0.5, 0.6) is 0 Å². The van der Waals surface area contributed by atoms with Gasteiger partial charge in [-0.15, -0.1) is 0 Å². The quantitative estimate of drug-likeness (QED) is 0.610. The molecule has 2 aromatic carbocycles. The lowest BCUT2D eigenvalue weighted by Gasteiger charge is -2.29. The summed E-state index contributed by atoms with van der Waals surface area (Å²) in [6.45, 7) is 4.54. The summed E-state index contributed by atoms with van der Waals surface area (Å²) in [6, 6.07) is 8.22. The van der Waals surface area contributed by atoms with E-state index < -0.39 is 27.0 Å². The summed E-state index contributed by atoms with van der Waals surface area (Å²) in [7, 11) is -4.19. The van der Waals surface area contributed by atoms with Gasteiger partial charge in [-0.3, -0.25) is 14.4 Å². The molecule has 138 valence electrons. The van der Waals surface area contributed by atoms with Gasteiger partial charge in [0.25, 0.3) is 15.7 Å². The SMILES string of the molecule is Cc1ccc(S(=O)(=O)N(c2ccc([N+](=O)[O-])cc2C)C(C)C(=O)O)cc1. The third-order valence-corrected chi connectivity index (χ3v) is 5.81. The molecule has 0 spiro atoms. The van der Waals surface area contributed by atoms with E-state index in [0.717, 1.165) is 15.9 Å². The maximum absolute atomic E-state index is 13.1. The van der Waals surface area contributed by atoms with E-state index in [4.69, 9.17) is 0 Å². The molecule has 0 saturated heterocycles. The molecule has 26 heavy (non-hydrogen) atoms. The highest BCUT2D eigenvalue weighted by Gasteiger charge is 2.34. The minimum absolute atomic E-state index is 0.0612. The van der Waals surface area contributed by atoms with Crippen molar-refractivity contribution in [1.82, 2.24) is 0 Å². The Kier molecular flexibility index (Phi) is 5.31. The number of nitro groups is 1. The normalized spacial score (nSPS) is 12.4. The lowest BCUT2D eigenvalue weighted by atomic mass is 10.1. The summed E-state index contributed by atoms with van der Waals surface area (Å²) in [4.78, 5) is 21.8. The Balaban J connectivity index is 2.66. The summed E-state index contributed by atoms with van der Waals surface area (Å²) in [6.07, 6.45) is 0. The smallest absolute Gasteiger partial charge is 0.327 e. The van der Waals surface area contributed by atoms with Crippen LogP contribution in [-0.2, 0) is 14.8 Å². The largest absolute Gasteiger partial charge is 0.480 e. The minimum Gasteiger partial charge on any atom is -0.480 e. The van der Waals surface area contributed by atoms with Crippen LogP contribution in [0.15, 0.2) is 47.4 Å². The fourth-order valence-corrected chi connectivity index (χ4v) is 4.15. The molecule has 1 unspecified atom stereocenters. The Labute approximate surface area is 150 Å². The second kappa shape index (κ2) is 7.12. The molecule has 2 aromatic rings. The number of non-ortho nitro benzene ring substituents is 1. The van der Waals surface area contributed by atoms with Gasteiger partial charge in [0.1, 0.15) is 6.04 Å². The van der Waals surface area contributed by atoms with Crippen molar-refractivity contribution in [2.75, 3.05) is 4.31 Å². The zero-order valence-electron chi connectivity index (χ0n) is 14.4. The number of carboxylic acids is 1. The maximum atomic E-state index is 13.1. The van der Waals surface area contributed by atoms with Crippen molar-refractivity contribution in [3.05, 3.63) is 63.7 Å². The Morgan fingerprint density at radius 3 is 2.19 bits per heavy atom. The highest BCUT2D eigenvalue weighted by atomic mass is 32.2. The molecule has 9 heteroatoms. The Hall–Kier alpha value is -2.94. The van der Waals surface area contributed by atoms with E-state index in [1.807, 2.05) is 0 Å². The molecule has 0 radical (unpaired) electrons. The average Bonchev–Trinajstić information content (AvgIpc) is 2.56. The first kappa shape index (κ1) is 19.4. The van der Waals surface area contributed by atoms with E-state index in [9.17, 15) is 28.4 Å². The second-order valence-electron chi connectivity index (χ2n) is 5.86. The number of anilines is 1. The number of carboxylic acid groups (broad SMARTS) is 1. The van der Waals surface area contributed by atoms with E-state index >= 15 is 0 Å². The number of aliphatic carboxylic acids is 1. The van der Waals surface area contributed by atoms with E-state index in [0.29, 0.717) is 0 Å². The Morgan fingerprint density at radius 1 is 1.15 bits per heavy atom. The predicted molar refractivity (Wildman–Crippen MR) is 95.8 cm³/mol. The van der Waals surface area contributed by atoms with Crippen LogP contribution in [0.25, 0.3) is 0 Å². The highest BCUT2D eigenvalue weighted by Crippen LogP contribution is 2.31. The van der Waals surface area contributed by atoms with Gasteiger partial charge < -0.3 is 5.11 Å². The van der Waals surface area contributed by atoms with E-state index in [1.54, 1.807) is 19.1 Å². The van der Waals surface area contributed by atoms with Crippen LogP contribution in [0.1, 0.15) is 18.1 Å². The summed E-state index contributed by atoms with van der Waals surface area (Å²) in [5.41, 5.74) is 1.00. The number of nitro benzene ring substituents is 1. The molecule has 2 rings (SSSR count). The molecule has 1 N–H and O–H groups in total. The van der Waals surface area contributed by atoms with Crippen molar-refractivity contribution < 1.29 is 23.2 Å². The number of sulfonamides is 1. The van der Waals surface area contributed by atoms with Crippen LogP contribution in [0, 0.1) is 24.0 Å². The van der Waals surface area contributed by atoms with Gasteiger partial charge in [0, 0.05) is 12.1 Å². The third-order valence-electron chi connectivity index (χ3n) is 3.92. The van der Waals surface area contributed by atoms with Crippen LogP contribution in [-0.4, -0.2) is 30.5 Å². The third kappa shape index (κ3) is 3.67. The number of rotatable bonds is 6. The first-order valence-corrected chi connectivity index (χ1v) is 9.08. The first-order chi connectivity index (χ1) is 12.1. The molecule has 1 atom stereocenters. The first-order valence-electron chi connectivity index (χ1n) is 7.64. The summed E-state index contributed by atoms with van der Waals surface area (Å²) < 4.78 is 27.0. The number of carbonyl (C=O) groups is 1. The Morgan fingerprint density at radius 2 is 1.73 bits per heavy atom. The number of benzene rings is 2. The second-order valence-corrected chi connectivity index (χ2v) is 7.67. The van der Waals surface area contributed by atoms with Gasteiger partial charge in [-0.2, -0.15) is 0 Å². The van der Waals surface area contributed by atoms with Crippen molar-refractivity contribution in [2.45, 2.75) is 31.7 Å². The van der Waals surface area contributed by atoms with E-state index in [-0.39, 0.29) is 21.8 Å². The van der Waals surface area contributed by atoms with Crippen LogP contribution >= 0.6 is 0 Å². The molecular formula is C17H18N2O6S. The number of hydrogen-bond donors (Lipinski definition) is 1. The van der Waals surface area contributed by atoms with Gasteiger partial charge in [-0.25, -0.2) is 13.2 Å². The molecule has 0 bridgehead atoms. The average molecular weight is 378 g/mol. The highest BCUT2D eigenvalue weighted by molar-refractivity contribution is 7.93. The number of nitrogens with zero attached hydrogens (tertiary/aromatic N) is 2. The van der Waals surface area contributed by atoms with Gasteiger partial charge in [0.2, 0.25) is 0 Å². The Bertz CT molecular complexity index is 954. The van der Waals surface area contributed by atoms with Crippen LogP contribution in [0.2, 0.25) is 0 Å². The van der Waals surface area contributed by atoms with Crippen molar-refractivity contribution in [3.8, 4) is 0 Å². The molecule has 8 nitrogen and oxygen atoms in total. The zero-order valence-corrected chi connectivity index (χ0v) is 15.2. The zero-order chi connectivity index (χ0) is 19.6. The summed E-state index contributed by atoms with van der Waals surface area (Å²) in [5.74, 6) is -1.33. The van der Waals surface area contributed by atoms with Crippen LogP contribution < -0.4 is 4.31 Å². The molecular weight excluding hydrogens is 360 g/mol. The van der Waals surface area contributed by atoms with Crippen LogP contribution in [0.3, 0.4) is 0 Å². The topological polar surface area (TPSA) is 118 Å². The van der Waals surface area contributed by atoms with Crippen molar-refractivity contribution in [1.29, 1.82) is 0 Å². The number of hydrogen-bond acceptors (Lipinski definition) is 5. The van der Waals surface area contributed by atoms with Crippen molar-refractivity contribution in [3.63, 3.8) is 0 Å². The molecule has 0 aliphatic heterocycles. The molecule has 0 fully saturated rings. The van der Waals surface area contributed by atoms with Gasteiger partial charge in [-0.05, 0) is 44.5 Å². The minimum atomic E-state index is -4.19. The summed E-state index contributed by atoms with van der Waals surface area (Å²) >= 11 is 0. The van der Waals surface area contributed by atoms with Gasteiger partial charge in [0.05, 0.1) is 15.5 Å². The number of aryl methyl sites for hydroxylation is 2. The van der Waals surface area contributed by atoms with Crippen LogP contribution in [0.4, 0.5) is 11.4 Å². The molecule has 0 saturated carbocycles. The van der Waals surface area contributed by atoms with Crippen molar-refractivity contribution >= 4 is 27.4 Å². The fourth-order valence-electron chi connectivity index (χ4n) is 2.47. The fraction of sp³-hybridized carbons (Fsp3) is 0.235. The molecule has 0 amide bonds. The van der Waals surface area contributed by atoms with Gasteiger partial charge in [0.15, 0.2) is 0 Å². The molecule has 0 aromatic heterocycles. The molecule has 0 aliphatic rings. The predicted octanol–water partition coefficient (Wildman–Crippen LogP) is 2.88. The molecule has 0 heterocycles. The van der Waals surface area contributed by atoms with Gasteiger partial charge in [-0.1, -0.05) is 17.7 Å². The lowest BCUT2D eigenvalue weighted by Crippen LogP contribution is -2.43. The lowest BCUT2D eigenvalue weighted by molar-refractivity contribution is -0.384. The monoisotopic (exact) mass is 378 g/mol. The van der Waals surface area contributed by atoms with E-state index in [1.165, 1.54) is 38.1 Å². The summed E-state index contributed by atoms with van der Waals surface area (Å²) in [5, 5.41) is 20.3. The van der Waals surface area contributed by atoms with E-state index in [2.05, 4.69) is 0 Å².